The lowest BCUT2D eigenvalue weighted by Crippen LogP contribution is -2.17. The summed E-state index contributed by atoms with van der Waals surface area (Å²) in [5.74, 6) is -0.532. The van der Waals surface area contributed by atoms with Gasteiger partial charge in [-0.2, -0.15) is 0 Å². The number of rotatable bonds is 2. The summed E-state index contributed by atoms with van der Waals surface area (Å²) in [6.07, 6.45) is 2.44. The van der Waals surface area contributed by atoms with Gasteiger partial charge in [-0.3, -0.25) is 4.79 Å². The average Bonchev–Trinajstić information content (AvgIpc) is 2.83. The third kappa shape index (κ3) is 2.15. The number of benzene rings is 1. The number of anilines is 1. The molecule has 16 heavy (non-hydrogen) atoms. The molecular formula is C11H12N4O. The lowest BCUT2D eigenvalue weighted by Gasteiger charge is -2.17. The molecule has 0 aliphatic carbocycles. The van der Waals surface area contributed by atoms with E-state index in [0.29, 0.717) is 5.56 Å². The second-order valence-corrected chi connectivity index (χ2v) is 3.74. The first-order valence-corrected chi connectivity index (χ1v) is 5.26. The first-order valence-electron chi connectivity index (χ1n) is 5.26. The van der Waals surface area contributed by atoms with E-state index in [1.165, 1.54) is 12.8 Å². The first kappa shape index (κ1) is 10.5. The molecule has 0 aromatic heterocycles. The Morgan fingerprint density at radius 2 is 1.88 bits per heavy atom. The van der Waals surface area contributed by atoms with E-state index >= 15 is 0 Å². The van der Waals surface area contributed by atoms with E-state index in [9.17, 15) is 4.79 Å². The van der Waals surface area contributed by atoms with Crippen molar-refractivity contribution in [2.45, 2.75) is 12.8 Å². The second-order valence-electron chi connectivity index (χ2n) is 3.74. The molecule has 5 heteroatoms. The van der Waals surface area contributed by atoms with Gasteiger partial charge in [-0.05, 0) is 47.8 Å². The van der Waals surface area contributed by atoms with Crippen LogP contribution in [0.25, 0.3) is 10.4 Å². The molecule has 1 aliphatic rings. The molecule has 1 fully saturated rings. The minimum absolute atomic E-state index is 0.431. The molecular weight excluding hydrogens is 204 g/mol. The fourth-order valence-corrected chi connectivity index (χ4v) is 1.89. The molecule has 1 aromatic carbocycles. The highest BCUT2D eigenvalue weighted by atomic mass is 16.1. The van der Waals surface area contributed by atoms with Crippen molar-refractivity contribution in [2.24, 2.45) is 5.11 Å². The van der Waals surface area contributed by atoms with Gasteiger partial charge >= 0.3 is 0 Å². The summed E-state index contributed by atoms with van der Waals surface area (Å²) in [5.41, 5.74) is 9.71. The molecule has 82 valence electrons. The van der Waals surface area contributed by atoms with Gasteiger partial charge in [0.15, 0.2) is 0 Å². The van der Waals surface area contributed by atoms with Gasteiger partial charge in [-0.1, -0.05) is 0 Å². The largest absolute Gasteiger partial charge is 0.372 e. The van der Waals surface area contributed by atoms with Crippen LogP contribution in [0.4, 0.5) is 5.69 Å². The van der Waals surface area contributed by atoms with E-state index in [-0.39, 0.29) is 0 Å². The highest BCUT2D eigenvalue weighted by molar-refractivity contribution is 5.95. The standard InChI is InChI=1S/C11H12N4O/c12-14-13-11(16)9-3-5-10(6-4-9)15-7-1-2-8-15/h3-6H,1-2,7-8H2. The molecule has 2 rings (SSSR count). The van der Waals surface area contributed by atoms with Crippen molar-refractivity contribution in [3.05, 3.63) is 40.3 Å². The van der Waals surface area contributed by atoms with Crippen LogP contribution in [0.15, 0.2) is 29.4 Å². The summed E-state index contributed by atoms with van der Waals surface area (Å²) < 4.78 is 0. The van der Waals surface area contributed by atoms with E-state index in [1.807, 2.05) is 12.1 Å². The van der Waals surface area contributed by atoms with Crippen molar-refractivity contribution in [1.29, 1.82) is 0 Å². The number of nitrogens with zero attached hydrogens (tertiary/aromatic N) is 4. The molecule has 0 unspecified atom stereocenters. The van der Waals surface area contributed by atoms with Gasteiger partial charge in [0.1, 0.15) is 0 Å². The summed E-state index contributed by atoms with van der Waals surface area (Å²) in [7, 11) is 0. The van der Waals surface area contributed by atoms with Gasteiger partial charge in [0.2, 0.25) is 5.91 Å². The number of azide groups is 1. The van der Waals surface area contributed by atoms with Crippen LogP contribution in [-0.4, -0.2) is 19.0 Å². The third-order valence-electron chi connectivity index (χ3n) is 2.72. The Morgan fingerprint density at radius 3 is 2.44 bits per heavy atom. The zero-order valence-electron chi connectivity index (χ0n) is 8.83. The summed E-state index contributed by atoms with van der Waals surface area (Å²) >= 11 is 0. The Bertz CT molecular complexity index is 428. The zero-order valence-corrected chi connectivity index (χ0v) is 8.83. The number of carbonyl (C=O) groups is 1. The minimum Gasteiger partial charge on any atom is -0.372 e. The van der Waals surface area contributed by atoms with E-state index in [4.69, 9.17) is 5.53 Å². The molecule has 1 aromatic rings. The smallest absolute Gasteiger partial charge is 0.249 e. The van der Waals surface area contributed by atoms with Crippen molar-refractivity contribution in [3.8, 4) is 0 Å². The number of hydrogen-bond donors (Lipinski definition) is 0. The molecule has 1 saturated heterocycles. The first-order chi connectivity index (χ1) is 7.81. The topological polar surface area (TPSA) is 69.1 Å². The lowest BCUT2D eigenvalue weighted by atomic mass is 10.2. The number of carbonyl (C=O) groups excluding carboxylic acids is 1. The normalized spacial score (nSPS) is 14.6. The number of hydrogen-bond acceptors (Lipinski definition) is 2. The van der Waals surface area contributed by atoms with E-state index < -0.39 is 5.91 Å². The van der Waals surface area contributed by atoms with Gasteiger partial charge in [-0.25, -0.2) is 0 Å². The molecule has 0 radical (unpaired) electrons. The maximum atomic E-state index is 11.2. The fraction of sp³-hybridized carbons (Fsp3) is 0.364. The summed E-state index contributed by atoms with van der Waals surface area (Å²) in [6, 6.07) is 7.19. The molecule has 0 N–H and O–H groups in total. The highest BCUT2D eigenvalue weighted by Crippen LogP contribution is 2.20. The molecule has 1 amide bonds. The Morgan fingerprint density at radius 1 is 1.25 bits per heavy atom. The fourth-order valence-electron chi connectivity index (χ4n) is 1.89. The van der Waals surface area contributed by atoms with Crippen LogP contribution in [0.1, 0.15) is 23.2 Å². The zero-order chi connectivity index (χ0) is 11.4. The van der Waals surface area contributed by atoms with E-state index in [1.54, 1.807) is 12.1 Å². The molecule has 5 nitrogen and oxygen atoms in total. The van der Waals surface area contributed by atoms with Crippen LogP contribution < -0.4 is 4.90 Å². The molecule has 0 saturated carbocycles. The highest BCUT2D eigenvalue weighted by Gasteiger charge is 2.12. The molecule has 1 heterocycles. The third-order valence-corrected chi connectivity index (χ3v) is 2.72. The average molecular weight is 216 g/mol. The maximum absolute atomic E-state index is 11.2. The Balaban J connectivity index is 2.15. The van der Waals surface area contributed by atoms with Crippen LogP contribution in [0.5, 0.6) is 0 Å². The minimum atomic E-state index is -0.532. The van der Waals surface area contributed by atoms with Gasteiger partial charge in [0.25, 0.3) is 0 Å². The van der Waals surface area contributed by atoms with E-state index in [0.717, 1.165) is 18.8 Å². The van der Waals surface area contributed by atoms with Crippen molar-refractivity contribution in [2.75, 3.05) is 18.0 Å². The Hall–Kier alpha value is -2.00. The monoisotopic (exact) mass is 216 g/mol. The second kappa shape index (κ2) is 4.68. The van der Waals surface area contributed by atoms with Crippen LogP contribution in [0, 0.1) is 0 Å². The maximum Gasteiger partial charge on any atom is 0.249 e. The molecule has 0 atom stereocenters. The molecule has 0 bridgehead atoms. The summed E-state index contributed by atoms with van der Waals surface area (Å²) in [4.78, 5) is 16.0. The number of amides is 1. The van der Waals surface area contributed by atoms with Crippen LogP contribution in [0.2, 0.25) is 0 Å². The van der Waals surface area contributed by atoms with Crippen molar-refractivity contribution < 1.29 is 4.79 Å². The quantitative estimate of drug-likeness (QED) is 0.433. The van der Waals surface area contributed by atoms with E-state index in [2.05, 4.69) is 14.9 Å². The Labute approximate surface area is 93.3 Å². The van der Waals surface area contributed by atoms with Gasteiger partial charge < -0.3 is 4.90 Å². The lowest BCUT2D eigenvalue weighted by molar-refractivity contribution is 0.100. The van der Waals surface area contributed by atoms with Crippen molar-refractivity contribution >= 4 is 11.6 Å². The van der Waals surface area contributed by atoms with Crippen LogP contribution >= 0.6 is 0 Å². The van der Waals surface area contributed by atoms with Gasteiger partial charge in [-0.15, -0.1) is 0 Å². The Kier molecular flexibility index (Phi) is 3.08. The van der Waals surface area contributed by atoms with Crippen LogP contribution in [-0.2, 0) is 0 Å². The molecule has 1 aliphatic heterocycles. The van der Waals surface area contributed by atoms with Gasteiger partial charge in [0, 0.05) is 29.3 Å². The predicted octanol–water partition coefficient (Wildman–Crippen LogP) is 2.74. The van der Waals surface area contributed by atoms with Crippen molar-refractivity contribution in [3.63, 3.8) is 0 Å². The summed E-state index contributed by atoms with van der Waals surface area (Å²) in [6.45, 7) is 2.15. The van der Waals surface area contributed by atoms with Gasteiger partial charge in [0.05, 0.1) is 0 Å². The van der Waals surface area contributed by atoms with Crippen molar-refractivity contribution in [1.82, 2.24) is 0 Å². The summed E-state index contributed by atoms with van der Waals surface area (Å²) in [5, 5.41) is 3.05. The van der Waals surface area contributed by atoms with Crippen LogP contribution in [0.3, 0.4) is 0 Å². The SMILES string of the molecule is [N-]=[N+]=NC(=O)c1ccc(N2CCCC2)cc1. The molecule has 0 spiro atoms. The predicted molar refractivity (Wildman–Crippen MR) is 61.4 cm³/mol.